The van der Waals surface area contributed by atoms with E-state index in [1.54, 1.807) is 0 Å². The number of hydrogen-bond donors (Lipinski definition) is 1. The van der Waals surface area contributed by atoms with Crippen molar-refractivity contribution in [2.45, 2.75) is 51.2 Å². The molecule has 3 unspecified atom stereocenters. The molecule has 16 heavy (non-hydrogen) atoms. The minimum atomic E-state index is 0.321. The van der Waals surface area contributed by atoms with Gasteiger partial charge in [-0.1, -0.05) is 6.92 Å². The van der Waals surface area contributed by atoms with E-state index in [4.69, 9.17) is 4.74 Å². The predicted molar refractivity (Wildman–Crippen MR) is 64.4 cm³/mol. The smallest absolute Gasteiger partial charge is 0.0589 e. The van der Waals surface area contributed by atoms with E-state index < -0.39 is 0 Å². The summed E-state index contributed by atoms with van der Waals surface area (Å²) < 4.78 is 5.62. The fourth-order valence-electron chi connectivity index (χ4n) is 3.05. The molecule has 2 heterocycles. The molecule has 3 heteroatoms. The van der Waals surface area contributed by atoms with Crippen molar-refractivity contribution in [3.8, 4) is 0 Å². The van der Waals surface area contributed by atoms with Gasteiger partial charge in [-0.3, -0.25) is 4.90 Å². The maximum atomic E-state index is 9.35. The third-order valence-corrected chi connectivity index (χ3v) is 4.18. The standard InChI is InChI=1S/C13H25NO2/c1-11-6-8-14(13(11)10-15)7-2-4-12-5-3-9-16-12/h11-13,15H,2-10H2,1H3. The highest BCUT2D eigenvalue weighted by molar-refractivity contribution is 4.84. The molecule has 2 fully saturated rings. The number of nitrogens with zero attached hydrogens (tertiary/aromatic N) is 1. The van der Waals surface area contributed by atoms with Gasteiger partial charge in [-0.15, -0.1) is 0 Å². The first-order valence-corrected chi connectivity index (χ1v) is 6.77. The van der Waals surface area contributed by atoms with Crippen LogP contribution < -0.4 is 0 Å². The Kier molecular flexibility index (Phi) is 4.62. The number of aliphatic hydroxyl groups is 1. The molecular formula is C13H25NO2. The maximum Gasteiger partial charge on any atom is 0.0589 e. The summed E-state index contributed by atoms with van der Waals surface area (Å²) in [6.45, 7) is 5.83. The topological polar surface area (TPSA) is 32.7 Å². The van der Waals surface area contributed by atoms with Gasteiger partial charge >= 0.3 is 0 Å². The quantitative estimate of drug-likeness (QED) is 0.775. The van der Waals surface area contributed by atoms with Gasteiger partial charge in [0.05, 0.1) is 12.7 Å². The monoisotopic (exact) mass is 227 g/mol. The van der Waals surface area contributed by atoms with Gasteiger partial charge in [-0.05, 0) is 51.1 Å². The Labute approximate surface area is 98.8 Å². The van der Waals surface area contributed by atoms with E-state index in [2.05, 4.69) is 11.8 Å². The molecule has 3 atom stereocenters. The molecule has 0 aromatic rings. The zero-order chi connectivity index (χ0) is 11.4. The lowest BCUT2D eigenvalue weighted by Crippen LogP contribution is -2.36. The van der Waals surface area contributed by atoms with Crippen molar-refractivity contribution in [2.75, 3.05) is 26.3 Å². The molecule has 2 saturated heterocycles. The number of ether oxygens (including phenoxy) is 1. The predicted octanol–water partition coefficient (Wildman–Crippen LogP) is 1.65. The zero-order valence-corrected chi connectivity index (χ0v) is 10.4. The first kappa shape index (κ1) is 12.3. The van der Waals surface area contributed by atoms with Gasteiger partial charge in [0.2, 0.25) is 0 Å². The summed E-state index contributed by atoms with van der Waals surface area (Å²) in [7, 11) is 0. The van der Waals surface area contributed by atoms with Gasteiger partial charge < -0.3 is 9.84 Å². The van der Waals surface area contributed by atoms with Gasteiger partial charge in [0, 0.05) is 12.6 Å². The molecule has 2 aliphatic heterocycles. The number of aliphatic hydroxyl groups excluding tert-OH is 1. The van der Waals surface area contributed by atoms with E-state index >= 15 is 0 Å². The first-order valence-electron chi connectivity index (χ1n) is 6.77. The first-order chi connectivity index (χ1) is 7.81. The minimum Gasteiger partial charge on any atom is -0.395 e. The van der Waals surface area contributed by atoms with E-state index in [1.807, 2.05) is 0 Å². The highest BCUT2D eigenvalue weighted by atomic mass is 16.5. The molecule has 0 spiro atoms. The third kappa shape index (κ3) is 2.96. The molecule has 0 aromatic heterocycles. The molecule has 0 amide bonds. The molecule has 94 valence electrons. The van der Waals surface area contributed by atoms with E-state index in [0.717, 1.165) is 19.7 Å². The Morgan fingerprint density at radius 2 is 2.25 bits per heavy atom. The van der Waals surface area contributed by atoms with Crippen LogP contribution in [0.1, 0.15) is 39.0 Å². The van der Waals surface area contributed by atoms with E-state index in [0.29, 0.717) is 24.7 Å². The Bertz CT molecular complexity index is 204. The Balaban J connectivity index is 1.65. The average Bonchev–Trinajstić information content (AvgIpc) is 2.89. The zero-order valence-electron chi connectivity index (χ0n) is 10.4. The van der Waals surface area contributed by atoms with Gasteiger partial charge in [0.15, 0.2) is 0 Å². The highest BCUT2D eigenvalue weighted by Crippen LogP contribution is 2.24. The van der Waals surface area contributed by atoms with Crippen LogP contribution in [0.5, 0.6) is 0 Å². The van der Waals surface area contributed by atoms with E-state index in [1.165, 1.54) is 32.1 Å². The highest BCUT2D eigenvalue weighted by Gasteiger charge is 2.30. The van der Waals surface area contributed by atoms with Crippen molar-refractivity contribution in [1.29, 1.82) is 0 Å². The largest absolute Gasteiger partial charge is 0.395 e. The van der Waals surface area contributed by atoms with Crippen LogP contribution in [0.4, 0.5) is 0 Å². The molecule has 2 rings (SSSR count). The number of rotatable bonds is 5. The second kappa shape index (κ2) is 5.99. The normalized spacial score (nSPS) is 36.0. The molecule has 0 saturated carbocycles. The third-order valence-electron chi connectivity index (χ3n) is 4.18. The van der Waals surface area contributed by atoms with Gasteiger partial charge in [-0.25, -0.2) is 0 Å². The second-order valence-electron chi connectivity index (χ2n) is 5.33. The van der Waals surface area contributed by atoms with E-state index in [9.17, 15) is 5.11 Å². The summed E-state index contributed by atoms with van der Waals surface area (Å²) in [4.78, 5) is 2.46. The van der Waals surface area contributed by atoms with Gasteiger partial charge in [0.25, 0.3) is 0 Å². The van der Waals surface area contributed by atoms with Crippen molar-refractivity contribution >= 4 is 0 Å². The summed E-state index contributed by atoms with van der Waals surface area (Å²) in [5.74, 6) is 0.660. The molecule has 3 nitrogen and oxygen atoms in total. The molecule has 2 aliphatic rings. The molecule has 0 aliphatic carbocycles. The summed E-state index contributed by atoms with van der Waals surface area (Å²) in [6.07, 6.45) is 6.67. The van der Waals surface area contributed by atoms with Crippen molar-refractivity contribution in [3.05, 3.63) is 0 Å². The Hall–Kier alpha value is -0.120. The number of likely N-dealkylation sites (tertiary alicyclic amines) is 1. The Morgan fingerprint density at radius 1 is 1.38 bits per heavy atom. The van der Waals surface area contributed by atoms with Gasteiger partial charge in [-0.2, -0.15) is 0 Å². The Morgan fingerprint density at radius 3 is 2.94 bits per heavy atom. The molecule has 0 radical (unpaired) electrons. The maximum absolute atomic E-state index is 9.35. The van der Waals surface area contributed by atoms with Crippen LogP contribution >= 0.6 is 0 Å². The lowest BCUT2D eigenvalue weighted by molar-refractivity contribution is 0.0930. The molecule has 1 N–H and O–H groups in total. The van der Waals surface area contributed by atoms with Gasteiger partial charge in [0.1, 0.15) is 0 Å². The second-order valence-corrected chi connectivity index (χ2v) is 5.33. The fourth-order valence-corrected chi connectivity index (χ4v) is 3.05. The average molecular weight is 227 g/mol. The van der Waals surface area contributed by atoms with Crippen LogP contribution in [0, 0.1) is 5.92 Å². The van der Waals surface area contributed by atoms with Crippen molar-refractivity contribution < 1.29 is 9.84 Å². The van der Waals surface area contributed by atoms with Crippen molar-refractivity contribution in [2.24, 2.45) is 5.92 Å². The van der Waals surface area contributed by atoms with Crippen LogP contribution in [-0.2, 0) is 4.74 Å². The molecule has 0 bridgehead atoms. The van der Waals surface area contributed by atoms with Crippen LogP contribution in [0.2, 0.25) is 0 Å². The minimum absolute atomic E-state index is 0.321. The van der Waals surface area contributed by atoms with Crippen LogP contribution in [0.15, 0.2) is 0 Å². The summed E-state index contributed by atoms with van der Waals surface area (Å²) in [6, 6.07) is 0.407. The molecule has 0 aromatic carbocycles. The van der Waals surface area contributed by atoms with Crippen LogP contribution in [0.25, 0.3) is 0 Å². The van der Waals surface area contributed by atoms with Crippen molar-refractivity contribution in [3.63, 3.8) is 0 Å². The molecular weight excluding hydrogens is 202 g/mol. The van der Waals surface area contributed by atoms with Crippen LogP contribution in [-0.4, -0.2) is 48.5 Å². The SMILES string of the molecule is CC1CCN(CCCC2CCCO2)C1CO. The summed E-state index contributed by atoms with van der Waals surface area (Å²) in [5, 5.41) is 9.35. The fraction of sp³-hybridized carbons (Fsp3) is 1.00. The lowest BCUT2D eigenvalue weighted by atomic mass is 10.0. The van der Waals surface area contributed by atoms with Crippen molar-refractivity contribution in [1.82, 2.24) is 4.90 Å². The van der Waals surface area contributed by atoms with E-state index in [-0.39, 0.29) is 0 Å². The number of hydrogen-bond acceptors (Lipinski definition) is 3. The van der Waals surface area contributed by atoms with Crippen LogP contribution in [0.3, 0.4) is 0 Å². The lowest BCUT2D eigenvalue weighted by Gasteiger charge is -2.25. The summed E-state index contributed by atoms with van der Waals surface area (Å²) >= 11 is 0. The summed E-state index contributed by atoms with van der Waals surface area (Å²) in [5.41, 5.74) is 0.